The zero-order valence-corrected chi connectivity index (χ0v) is 16.9. The van der Waals surface area contributed by atoms with Crippen LogP contribution in [0.5, 0.6) is 5.75 Å². The summed E-state index contributed by atoms with van der Waals surface area (Å²) in [5, 5.41) is 0.0512. The van der Waals surface area contributed by atoms with E-state index >= 15 is 0 Å². The molecular weight excluding hydrogens is 413 g/mol. The van der Waals surface area contributed by atoms with E-state index in [-0.39, 0.29) is 26.3 Å². The van der Waals surface area contributed by atoms with Crippen LogP contribution < -0.4 is 4.74 Å². The molecule has 3 aromatic rings. The first kappa shape index (κ1) is 19.7. The molecular formula is C18H15Cl2NO5S. The molecule has 0 unspecified atom stereocenters. The number of ether oxygens (including phenoxy) is 1. The van der Waals surface area contributed by atoms with E-state index in [1.807, 2.05) is 6.92 Å². The molecule has 6 nitrogen and oxygen atoms in total. The van der Waals surface area contributed by atoms with E-state index in [1.54, 1.807) is 24.3 Å². The molecule has 1 heterocycles. The van der Waals surface area contributed by atoms with Gasteiger partial charge in [-0.25, -0.2) is 17.5 Å². The lowest BCUT2D eigenvalue weighted by molar-refractivity contribution is 0.0704. The first-order valence-electron chi connectivity index (χ1n) is 7.74. The highest BCUT2D eigenvalue weighted by molar-refractivity contribution is 7.89. The molecule has 0 amide bonds. The molecule has 0 aliphatic carbocycles. The van der Waals surface area contributed by atoms with Crippen molar-refractivity contribution < 1.29 is 22.4 Å². The highest BCUT2D eigenvalue weighted by Gasteiger charge is 2.26. The van der Waals surface area contributed by atoms with Crippen LogP contribution in [0.15, 0.2) is 45.7 Å². The highest BCUT2D eigenvalue weighted by Crippen LogP contribution is 2.38. The largest absolute Gasteiger partial charge is 0.447 e. The number of furan rings is 1. The second-order valence-corrected chi connectivity index (χ2v) is 8.90. The number of sulfonamides is 1. The van der Waals surface area contributed by atoms with E-state index in [2.05, 4.69) is 0 Å². The molecule has 0 fully saturated rings. The summed E-state index contributed by atoms with van der Waals surface area (Å²) in [4.78, 5) is 12.2. The van der Waals surface area contributed by atoms with Crippen LogP contribution in [0.1, 0.15) is 16.1 Å². The maximum atomic E-state index is 12.4. The minimum atomic E-state index is -3.83. The van der Waals surface area contributed by atoms with Crippen molar-refractivity contribution in [3.63, 3.8) is 0 Å². The van der Waals surface area contributed by atoms with Crippen molar-refractivity contribution in [1.29, 1.82) is 0 Å². The summed E-state index contributed by atoms with van der Waals surface area (Å²) >= 11 is 12.3. The van der Waals surface area contributed by atoms with E-state index in [4.69, 9.17) is 32.4 Å². The Morgan fingerprint density at radius 2 is 1.70 bits per heavy atom. The molecule has 3 rings (SSSR count). The topological polar surface area (TPSA) is 76.8 Å². The van der Waals surface area contributed by atoms with E-state index < -0.39 is 16.0 Å². The van der Waals surface area contributed by atoms with Gasteiger partial charge in [0.1, 0.15) is 15.7 Å². The minimum absolute atomic E-state index is 0.0935. The van der Waals surface area contributed by atoms with Gasteiger partial charge in [0, 0.05) is 19.5 Å². The smallest absolute Gasteiger partial charge is 0.379 e. The summed E-state index contributed by atoms with van der Waals surface area (Å²) in [5.41, 5.74) is 1.13. The van der Waals surface area contributed by atoms with Crippen LogP contribution in [0.4, 0.5) is 0 Å². The maximum absolute atomic E-state index is 12.4. The summed E-state index contributed by atoms with van der Waals surface area (Å²) in [6, 6.07) is 9.59. The molecule has 0 aliphatic heterocycles. The van der Waals surface area contributed by atoms with Crippen molar-refractivity contribution in [2.75, 3.05) is 14.1 Å². The van der Waals surface area contributed by atoms with Gasteiger partial charge in [0.05, 0.1) is 5.02 Å². The number of aryl methyl sites for hydroxylation is 1. The van der Waals surface area contributed by atoms with Crippen LogP contribution in [-0.2, 0) is 10.0 Å². The number of benzene rings is 2. The lowest BCUT2D eigenvalue weighted by atomic mass is 10.2. The fourth-order valence-electron chi connectivity index (χ4n) is 2.34. The number of rotatable bonds is 4. The Kier molecular flexibility index (Phi) is 5.22. The lowest BCUT2D eigenvalue weighted by Gasteiger charge is -2.13. The Balaban J connectivity index is 2.03. The second-order valence-electron chi connectivity index (χ2n) is 6.02. The number of hydrogen-bond acceptors (Lipinski definition) is 5. The van der Waals surface area contributed by atoms with E-state index in [1.165, 1.54) is 26.2 Å². The number of carbonyl (C=O) groups is 1. The third-order valence-electron chi connectivity index (χ3n) is 3.85. The van der Waals surface area contributed by atoms with Crippen LogP contribution in [0.3, 0.4) is 0 Å². The van der Waals surface area contributed by atoms with Gasteiger partial charge in [-0.1, -0.05) is 40.9 Å². The van der Waals surface area contributed by atoms with Gasteiger partial charge in [0.25, 0.3) is 0 Å². The van der Waals surface area contributed by atoms with Crippen molar-refractivity contribution in [2.45, 2.75) is 11.8 Å². The summed E-state index contributed by atoms with van der Waals surface area (Å²) in [7, 11) is -1.07. The van der Waals surface area contributed by atoms with Gasteiger partial charge >= 0.3 is 5.97 Å². The number of hydrogen-bond donors (Lipinski definition) is 0. The molecule has 27 heavy (non-hydrogen) atoms. The Bertz CT molecular complexity index is 1130. The number of carbonyl (C=O) groups excluding carboxylic acids is 1. The third-order valence-corrected chi connectivity index (χ3v) is 6.65. The Labute approximate surface area is 166 Å². The van der Waals surface area contributed by atoms with Crippen molar-refractivity contribution in [1.82, 2.24) is 4.31 Å². The quantitative estimate of drug-likeness (QED) is 0.451. The number of esters is 1. The van der Waals surface area contributed by atoms with Gasteiger partial charge in [-0.05, 0) is 31.2 Å². The molecule has 1 aromatic heterocycles. The number of nitrogens with zero attached hydrogens (tertiary/aromatic N) is 1. The van der Waals surface area contributed by atoms with E-state index in [0.717, 1.165) is 9.87 Å². The lowest BCUT2D eigenvalue weighted by Crippen LogP contribution is -2.22. The molecule has 0 atom stereocenters. The maximum Gasteiger partial charge on any atom is 0.379 e. The van der Waals surface area contributed by atoms with Crippen molar-refractivity contribution in [3.05, 3.63) is 57.8 Å². The molecule has 142 valence electrons. The first-order valence-corrected chi connectivity index (χ1v) is 9.94. The fraction of sp³-hybridized carbons (Fsp3) is 0.167. The molecule has 0 aliphatic rings. The van der Waals surface area contributed by atoms with Crippen LogP contribution in [-0.4, -0.2) is 32.8 Å². The minimum Gasteiger partial charge on any atom is -0.447 e. The summed E-state index contributed by atoms with van der Waals surface area (Å²) in [6.07, 6.45) is 0. The standard InChI is InChI=1S/C18H15Cl2NO5S/c1-10-4-6-12(7-5-10)25-18(22)13-8-11-9-14(27(23,24)21(2)3)15(19)16(20)17(11)26-13/h4-9H,1-3H3. The normalized spacial score (nSPS) is 11.9. The highest BCUT2D eigenvalue weighted by atomic mass is 35.5. The Hall–Kier alpha value is -2.06. The van der Waals surface area contributed by atoms with E-state index in [9.17, 15) is 13.2 Å². The summed E-state index contributed by atoms with van der Waals surface area (Å²) in [6.45, 7) is 1.91. The molecule has 9 heteroatoms. The average Bonchev–Trinajstić information content (AvgIpc) is 3.04. The third kappa shape index (κ3) is 3.68. The van der Waals surface area contributed by atoms with Crippen molar-refractivity contribution in [3.8, 4) is 5.75 Å². The van der Waals surface area contributed by atoms with Gasteiger partial charge in [0.15, 0.2) is 5.58 Å². The first-order chi connectivity index (χ1) is 12.6. The zero-order chi connectivity index (χ0) is 19.9. The van der Waals surface area contributed by atoms with Gasteiger partial charge in [0.2, 0.25) is 15.8 Å². The predicted molar refractivity (Wildman–Crippen MR) is 103 cm³/mol. The van der Waals surface area contributed by atoms with Gasteiger partial charge in [-0.3, -0.25) is 0 Å². The average molecular weight is 428 g/mol. The van der Waals surface area contributed by atoms with Crippen LogP contribution in [0, 0.1) is 6.92 Å². The van der Waals surface area contributed by atoms with Gasteiger partial charge in [-0.15, -0.1) is 0 Å². The molecule has 0 radical (unpaired) electrons. The van der Waals surface area contributed by atoms with Crippen LogP contribution in [0.2, 0.25) is 10.0 Å². The second kappa shape index (κ2) is 7.16. The van der Waals surface area contributed by atoms with Crippen LogP contribution in [0.25, 0.3) is 11.0 Å². The van der Waals surface area contributed by atoms with E-state index in [0.29, 0.717) is 11.1 Å². The molecule has 0 N–H and O–H groups in total. The van der Waals surface area contributed by atoms with Gasteiger partial charge < -0.3 is 9.15 Å². The Morgan fingerprint density at radius 3 is 2.30 bits per heavy atom. The SMILES string of the molecule is Cc1ccc(OC(=O)c2cc3cc(S(=O)(=O)N(C)C)c(Cl)c(Cl)c3o2)cc1. The number of halogens is 2. The van der Waals surface area contributed by atoms with Crippen molar-refractivity contribution >= 4 is 50.2 Å². The van der Waals surface area contributed by atoms with Crippen molar-refractivity contribution in [2.24, 2.45) is 0 Å². The molecule has 2 aromatic carbocycles. The fourth-order valence-corrected chi connectivity index (χ4v) is 4.08. The molecule has 0 saturated carbocycles. The summed E-state index contributed by atoms with van der Waals surface area (Å²) in [5.74, 6) is -0.506. The Morgan fingerprint density at radius 1 is 1.07 bits per heavy atom. The van der Waals surface area contributed by atoms with Gasteiger partial charge in [-0.2, -0.15) is 0 Å². The predicted octanol–water partition coefficient (Wildman–Crippen LogP) is 4.52. The number of fused-ring (bicyclic) bond motifs is 1. The summed E-state index contributed by atoms with van der Waals surface area (Å²) < 4.78 is 36.6. The zero-order valence-electron chi connectivity index (χ0n) is 14.6. The molecule has 0 saturated heterocycles. The van der Waals surface area contributed by atoms with Crippen LogP contribution >= 0.6 is 23.2 Å². The molecule has 0 spiro atoms. The molecule has 0 bridgehead atoms. The monoisotopic (exact) mass is 427 g/mol.